The molecule has 0 bridgehead atoms. The number of rotatable bonds is 4. The Bertz CT molecular complexity index is 864. The Balaban J connectivity index is 1.98. The van der Waals surface area contributed by atoms with E-state index in [0.29, 0.717) is 16.2 Å². The van der Waals surface area contributed by atoms with Gasteiger partial charge in [-0.1, -0.05) is 12.1 Å². The molecule has 0 amide bonds. The number of hydrogen-bond acceptors (Lipinski definition) is 5. The van der Waals surface area contributed by atoms with Gasteiger partial charge in [0.25, 0.3) is 0 Å². The SMILES string of the molecule is Cn1nc(Br)c2c(Nc3cccc(CS(C)=O)c3)ncnc21. The second-order valence-electron chi connectivity index (χ2n) is 4.88. The van der Waals surface area contributed by atoms with Crippen molar-refractivity contribution >= 4 is 49.3 Å². The first-order valence-corrected chi connectivity index (χ1v) is 9.06. The second-order valence-corrected chi connectivity index (χ2v) is 7.06. The molecule has 0 saturated carbocycles. The number of nitrogens with zero attached hydrogens (tertiary/aromatic N) is 4. The lowest BCUT2D eigenvalue weighted by atomic mass is 10.2. The van der Waals surface area contributed by atoms with Crippen LogP contribution in [0.1, 0.15) is 5.56 Å². The quantitative estimate of drug-likeness (QED) is 0.754. The maximum Gasteiger partial charge on any atom is 0.164 e. The maximum absolute atomic E-state index is 11.4. The fourth-order valence-electron chi connectivity index (χ4n) is 2.25. The lowest BCUT2D eigenvalue weighted by Crippen LogP contribution is -1.98. The fraction of sp³-hybridized carbons (Fsp3) is 0.214. The van der Waals surface area contributed by atoms with E-state index in [1.807, 2.05) is 31.3 Å². The lowest BCUT2D eigenvalue weighted by Gasteiger charge is -2.08. The van der Waals surface area contributed by atoms with Gasteiger partial charge in [-0.25, -0.2) is 14.6 Å². The molecule has 6 nitrogen and oxygen atoms in total. The molecular weight excluding hydrogens is 366 g/mol. The van der Waals surface area contributed by atoms with E-state index in [4.69, 9.17) is 0 Å². The van der Waals surface area contributed by atoms with Gasteiger partial charge in [-0.05, 0) is 33.6 Å². The fourth-order valence-corrected chi connectivity index (χ4v) is 3.50. The van der Waals surface area contributed by atoms with E-state index in [2.05, 4.69) is 36.3 Å². The number of fused-ring (bicyclic) bond motifs is 1. The van der Waals surface area contributed by atoms with E-state index in [-0.39, 0.29) is 0 Å². The van der Waals surface area contributed by atoms with Crippen molar-refractivity contribution < 1.29 is 4.21 Å². The van der Waals surface area contributed by atoms with Crippen LogP contribution in [0.3, 0.4) is 0 Å². The van der Waals surface area contributed by atoms with Gasteiger partial charge in [0.1, 0.15) is 16.7 Å². The van der Waals surface area contributed by atoms with Crippen molar-refractivity contribution in [1.82, 2.24) is 19.7 Å². The standard InChI is InChI=1S/C14H14BrN5OS/c1-20-14-11(12(15)19-20)13(16-8-17-14)18-10-5-3-4-9(6-10)7-22(2)21/h3-6,8H,7H2,1-2H3,(H,16,17,18). The molecule has 0 fully saturated rings. The van der Waals surface area contributed by atoms with E-state index < -0.39 is 10.8 Å². The first-order chi connectivity index (χ1) is 10.5. The van der Waals surface area contributed by atoms with Crippen molar-refractivity contribution in [2.24, 2.45) is 7.05 Å². The van der Waals surface area contributed by atoms with Gasteiger partial charge in [0.15, 0.2) is 5.65 Å². The predicted molar refractivity (Wildman–Crippen MR) is 91.5 cm³/mol. The summed E-state index contributed by atoms with van der Waals surface area (Å²) in [5.74, 6) is 1.21. The van der Waals surface area contributed by atoms with Gasteiger partial charge in [-0.2, -0.15) is 5.10 Å². The summed E-state index contributed by atoms with van der Waals surface area (Å²) in [6, 6.07) is 7.81. The highest BCUT2D eigenvalue weighted by molar-refractivity contribution is 9.10. The number of anilines is 2. The molecule has 2 aromatic heterocycles. The van der Waals surface area contributed by atoms with Crippen LogP contribution in [0.5, 0.6) is 0 Å². The van der Waals surface area contributed by atoms with Crippen molar-refractivity contribution in [3.63, 3.8) is 0 Å². The molecule has 114 valence electrons. The normalized spacial score (nSPS) is 12.5. The van der Waals surface area contributed by atoms with E-state index in [1.165, 1.54) is 6.33 Å². The van der Waals surface area contributed by atoms with E-state index in [9.17, 15) is 4.21 Å². The summed E-state index contributed by atoms with van der Waals surface area (Å²) in [4.78, 5) is 8.54. The van der Waals surface area contributed by atoms with Crippen LogP contribution in [0.15, 0.2) is 35.2 Å². The highest BCUT2D eigenvalue weighted by atomic mass is 79.9. The summed E-state index contributed by atoms with van der Waals surface area (Å²) < 4.78 is 13.7. The molecule has 0 radical (unpaired) electrons. The van der Waals surface area contributed by atoms with Gasteiger partial charge in [0.05, 0.1) is 5.39 Å². The molecule has 8 heteroatoms. The Morgan fingerprint density at radius 2 is 2.18 bits per heavy atom. The summed E-state index contributed by atoms with van der Waals surface area (Å²) in [5, 5.41) is 8.41. The minimum absolute atomic E-state index is 0.533. The molecular formula is C14H14BrN5OS. The monoisotopic (exact) mass is 379 g/mol. The van der Waals surface area contributed by atoms with Crippen LogP contribution < -0.4 is 5.32 Å². The van der Waals surface area contributed by atoms with Gasteiger partial charge in [0.2, 0.25) is 0 Å². The van der Waals surface area contributed by atoms with Crippen LogP contribution in [0.2, 0.25) is 0 Å². The molecule has 0 saturated heterocycles. The Hall–Kier alpha value is -1.80. The second kappa shape index (κ2) is 6.13. The average molecular weight is 380 g/mol. The van der Waals surface area contributed by atoms with Gasteiger partial charge in [-0.3, -0.25) is 4.21 Å². The summed E-state index contributed by atoms with van der Waals surface area (Å²) in [6.07, 6.45) is 3.20. The van der Waals surface area contributed by atoms with Crippen LogP contribution in [0.4, 0.5) is 11.5 Å². The van der Waals surface area contributed by atoms with Gasteiger partial charge >= 0.3 is 0 Å². The van der Waals surface area contributed by atoms with Crippen molar-refractivity contribution in [2.45, 2.75) is 5.75 Å². The molecule has 1 atom stereocenters. The molecule has 0 aliphatic carbocycles. The summed E-state index contributed by atoms with van der Waals surface area (Å²) in [7, 11) is 0.966. The largest absolute Gasteiger partial charge is 0.339 e. The topological polar surface area (TPSA) is 72.7 Å². The zero-order chi connectivity index (χ0) is 15.7. The van der Waals surface area contributed by atoms with Crippen LogP contribution >= 0.6 is 15.9 Å². The minimum Gasteiger partial charge on any atom is -0.339 e. The number of nitrogens with one attached hydrogen (secondary N) is 1. The molecule has 1 N–H and O–H groups in total. The van der Waals surface area contributed by atoms with E-state index in [1.54, 1.807) is 10.9 Å². The number of aryl methyl sites for hydroxylation is 1. The molecule has 1 unspecified atom stereocenters. The van der Waals surface area contributed by atoms with Crippen LogP contribution in [0.25, 0.3) is 11.0 Å². The molecule has 0 spiro atoms. The highest BCUT2D eigenvalue weighted by Crippen LogP contribution is 2.29. The molecule has 0 aliphatic heterocycles. The molecule has 0 aliphatic rings. The van der Waals surface area contributed by atoms with Gasteiger partial charge < -0.3 is 5.32 Å². The van der Waals surface area contributed by atoms with Crippen LogP contribution in [0, 0.1) is 0 Å². The van der Waals surface area contributed by atoms with Crippen LogP contribution in [-0.4, -0.2) is 30.2 Å². The van der Waals surface area contributed by atoms with E-state index >= 15 is 0 Å². The first kappa shape index (κ1) is 15.1. The Labute approximate surface area is 138 Å². The Morgan fingerprint density at radius 1 is 1.36 bits per heavy atom. The minimum atomic E-state index is -0.868. The maximum atomic E-state index is 11.4. The van der Waals surface area contributed by atoms with Gasteiger partial charge in [-0.15, -0.1) is 0 Å². The number of hydrogen-bond donors (Lipinski definition) is 1. The molecule has 2 heterocycles. The third-order valence-electron chi connectivity index (χ3n) is 3.14. The number of halogens is 1. The Kier molecular flexibility index (Phi) is 4.21. The predicted octanol–water partition coefficient (Wildman–Crippen LogP) is 2.75. The smallest absolute Gasteiger partial charge is 0.164 e. The summed E-state index contributed by atoms with van der Waals surface area (Å²) >= 11 is 3.44. The summed E-state index contributed by atoms with van der Waals surface area (Å²) in [5.41, 5.74) is 2.65. The molecule has 3 rings (SSSR count). The number of benzene rings is 1. The lowest BCUT2D eigenvalue weighted by molar-refractivity contribution is 0.686. The summed E-state index contributed by atoms with van der Waals surface area (Å²) in [6.45, 7) is 0. The first-order valence-electron chi connectivity index (χ1n) is 6.54. The van der Waals surface area contributed by atoms with Crippen molar-refractivity contribution in [3.05, 3.63) is 40.8 Å². The third-order valence-corrected chi connectivity index (χ3v) is 4.43. The highest BCUT2D eigenvalue weighted by Gasteiger charge is 2.13. The van der Waals surface area contributed by atoms with E-state index in [0.717, 1.165) is 22.3 Å². The van der Waals surface area contributed by atoms with Gasteiger partial charge in [0, 0.05) is 35.5 Å². The zero-order valence-electron chi connectivity index (χ0n) is 12.1. The van der Waals surface area contributed by atoms with Crippen molar-refractivity contribution in [3.8, 4) is 0 Å². The number of aromatic nitrogens is 4. The third kappa shape index (κ3) is 3.02. The average Bonchev–Trinajstić information content (AvgIpc) is 2.75. The molecule has 3 aromatic rings. The zero-order valence-corrected chi connectivity index (χ0v) is 14.5. The Morgan fingerprint density at radius 3 is 2.95 bits per heavy atom. The van der Waals surface area contributed by atoms with Crippen molar-refractivity contribution in [1.29, 1.82) is 0 Å². The molecule has 22 heavy (non-hydrogen) atoms. The molecule has 1 aromatic carbocycles. The van der Waals surface area contributed by atoms with Crippen molar-refractivity contribution in [2.75, 3.05) is 11.6 Å². The van der Waals surface area contributed by atoms with Crippen LogP contribution in [-0.2, 0) is 23.6 Å².